The summed E-state index contributed by atoms with van der Waals surface area (Å²) < 4.78 is 5.64. The lowest BCUT2D eigenvalue weighted by molar-refractivity contribution is 0.416. The van der Waals surface area contributed by atoms with E-state index >= 15 is 0 Å². The van der Waals surface area contributed by atoms with Gasteiger partial charge in [0, 0.05) is 17.6 Å². The van der Waals surface area contributed by atoms with Gasteiger partial charge in [0.2, 0.25) is 0 Å². The number of hydrogen-bond donors (Lipinski definition) is 1. The van der Waals surface area contributed by atoms with Gasteiger partial charge in [0.05, 0.1) is 11.6 Å². The predicted octanol–water partition coefficient (Wildman–Crippen LogP) is 4.30. The molecule has 0 fully saturated rings. The molecular formula is C18H20N2O. The van der Waals surface area contributed by atoms with E-state index in [1.165, 1.54) is 10.9 Å². The summed E-state index contributed by atoms with van der Waals surface area (Å²) in [6.07, 6.45) is 0. The number of pyridine rings is 1. The Bertz CT molecular complexity index is 761. The topological polar surface area (TPSA) is 38.1 Å². The highest BCUT2D eigenvalue weighted by atomic mass is 16.3. The van der Waals surface area contributed by atoms with Crippen LogP contribution in [0.2, 0.25) is 0 Å². The van der Waals surface area contributed by atoms with E-state index in [9.17, 15) is 0 Å². The Hall–Kier alpha value is -2.13. The first-order valence-electron chi connectivity index (χ1n) is 7.28. The summed E-state index contributed by atoms with van der Waals surface area (Å²) in [6.45, 7) is 6.91. The second-order valence-corrected chi connectivity index (χ2v) is 5.53. The average molecular weight is 280 g/mol. The molecule has 3 rings (SSSR count). The van der Waals surface area contributed by atoms with E-state index in [1.807, 2.05) is 32.0 Å². The van der Waals surface area contributed by atoms with E-state index in [4.69, 9.17) is 4.42 Å². The summed E-state index contributed by atoms with van der Waals surface area (Å²) in [7, 11) is 0. The Morgan fingerprint density at radius 2 is 1.95 bits per heavy atom. The van der Waals surface area contributed by atoms with Gasteiger partial charge >= 0.3 is 0 Å². The number of furan rings is 1. The van der Waals surface area contributed by atoms with Gasteiger partial charge in [-0.05, 0) is 56.7 Å². The lowest BCUT2D eigenvalue weighted by Crippen LogP contribution is -2.17. The van der Waals surface area contributed by atoms with Crippen LogP contribution in [-0.4, -0.2) is 4.98 Å². The molecule has 1 N–H and O–H groups in total. The van der Waals surface area contributed by atoms with Gasteiger partial charge < -0.3 is 9.73 Å². The van der Waals surface area contributed by atoms with Gasteiger partial charge in [-0.15, -0.1) is 0 Å². The highest BCUT2D eigenvalue weighted by Crippen LogP contribution is 2.18. The van der Waals surface area contributed by atoms with Gasteiger partial charge in [-0.25, -0.2) is 0 Å². The summed E-state index contributed by atoms with van der Waals surface area (Å²) in [6, 6.07) is 14.8. The van der Waals surface area contributed by atoms with Crippen LogP contribution in [0.15, 0.2) is 46.9 Å². The predicted molar refractivity (Wildman–Crippen MR) is 85.2 cm³/mol. The molecule has 0 saturated heterocycles. The molecule has 1 atom stereocenters. The Kier molecular flexibility index (Phi) is 3.76. The van der Waals surface area contributed by atoms with Crippen LogP contribution in [0.3, 0.4) is 0 Å². The molecule has 21 heavy (non-hydrogen) atoms. The maximum atomic E-state index is 5.64. The molecule has 0 saturated carbocycles. The number of nitrogens with zero attached hydrogens (tertiary/aromatic N) is 1. The maximum Gasteiger partial charge on any atom is 0.120 e. The molecule has 3 aromatic rings. The van der Waals surface area contributed by atoms with Crippen LogP contribution in [0.5, 0.6) is 0 Å². The van der Waals surface area contributed by atoms with Crippen molar-refractivity contribution in [1.82, 2.24) is 10.3 Å². The fraction of sp³-hybridized carbons (Fsp3) is 0.278. The van der Waals surface area contributed by atoms with E-state index in [0.29, 0.717) is 0 Å². The summed E-state index contributed by atoms with van der Waals surface area (Å²) in [4.78, 5) is 4.53. The molecule has 2 aromatic heterocycles. The Labute approximate surface area is 125 Å². The van der Waals surface area contributed by atoms with Crippen molar-refractivity contribution in [1.29, 1.82) is 0 Å². The number of fused-ring (bicyclic) bond motifs is 1. The van der Waals surface area contributed by atoms with Crippen LogP contribution < -0.4 is 5.32 Å². The van der Waals surface area contributed by atoms with Crippen molar-refractivity contribution in [2.24, 2.45) is 0 Å². The van der Waals surface area contributed by atoms with Gasteiger partial charge in [-0.2, -0.15) is 0 Å². The van der Waals surface area contributed by atoms with Crippen LogP contribution >= 0.6 is 0 Å². The normalized spacial score (nSPS) is 12.7. The zero-order chi connectivity index (χ0) is 14.8. The minimum atomic E-state index is 0.200. The molecule has 3 heteroatoms. The molecule has 0 spiro atoms. The summed E-state index contributed by atoms with van der Waals surface area (Å²) in [5, 5.41) is 4.67. The molecule has 0 bridgehead atoms. The fourth-order valence-corrected chi connectivity index (χ4v) is 2.44. The molecule has 0 aliphatic rings. The summed E-state index contributed by atoms with van der Waals surface area (Å²) >= 11 is 0. The van der Waals surface area contributed by atoms with Crippen LogP contribution in [0, 0.1) is 13.8 Å². The smallest absolute Gasteiger partial charge is 0.120 e. The van der Waals surface area contributed by atoms with E-state index in [0.717, 1.165) is 29.3 Å². The van der Waals surface area contributed by atoms with Gasteiger partial charge in [0.1, 0.15) is 11.5 Å². The quantitative estimate of drug-likeness (QED) is 0.774. The molecular weight excluding hydrogens is 260 g/mol. The fourth-order valence-electron chi connectivity index (χ4n) is 2.44. The van der Waals surface area contributed by atoms with Crippen LogP contribution in [-0.2, 0) is 6.54 Å². The standard InChI is InChI=1S/C18H20N2O/c1-12-4-7-16-10-15(6-8-17(16)20-12)11-19-14(3)18-9-5-13(2)21-18/h4-10,14,19H,11H2,1-3H3. The largest absolute Gasteiger partial charge is 0.465 e. The van der Waals surface area contributed by atoms with Crippen molar-refractivity contribution in [3.05, 3.63) is 65.2 Å². The van der Waals surface area contributed by atoms with E-state index in [-0.39, 0.29) is 6.04 Å². The van der Waals surface area contributed by atoms with Gasteiger partial charge in [0.15, 0.2) is 0 Å². The highest BCUT2D eigenvalue weighted by molar-refractivity contribution is 5.79. The molecule has 0 amide bonds. The lowest BCUT2D eigenvalue weighted by Gasteiger charge is -2.12. The minimum absolute atomic E-state index is 0.200. The first kappa shape index (κ1) is 13.8. The minimum Gasteiger partial charge on any atom is -0.465 e. The van der Waals surface area contributed by atoms with Crippen LogP contribution in [0.4, 0.5) is 0 Å². The van der Waals surface area contributed by atoms with Crippen LogP contribution in [0.25, 0.3) is 10.9 Å². The Balaban J connectivity index is 1.71. The van der Waals surface area contributed by atoms with E-state index in [2.05, 4.69) is 41.5 Å². The zero-order valence-electron chi connectivity index (χ0n) is 12.7. The first-order valence-corrected chi connectivity index (χ1v) is 7.28. The maximum absolute atomic E-state index is 5.64. The van der Waals surface area contributed by atoms with Crippen molar-refractivity contribution in [3.8, 4) is 0 Å². The third-order valence-electron chi connectivity index (χ3n) is 3.69. The van der Waals surface area contributed by atoms with E-state index < -0.39 is 0 Å². The van der Waals surface area contributed by atoms with Crippen molar-refractivity contribution in [2.45, 2.75) is 33.4 Å². The summed E-state index contributed by atoms with van der Waals surface area (Å²) in [5.74, 6) is 1.93. The number of aryl methyl sites for hydroxylation is 2. The monoisotopic (exact) mass is 280 g/mol. The van der Waals surface area contributed by atoms with Crippen molar-refractivity contribution in [2.75, 3.05) is 0 Å². The second-order valence-electron chi connectivity index (χ2n) is 5.53. The Morgan fingerprint density at radius 1 is 1.10 bits per heavy atom. The number of benzene rings is 1. The molecule has 2 heterocycles. The zero-order valence-corrected chi connectivity index (χ0v) is 12.7. The molecule has 108 valence electrons. The number of aromatic nitrogens is 1. The first-order chi connectivity index (χ1) is 10.1. The molecule has 3 nitrogen and oxygen atoms in total. The third kappa shape index (κ3) is 3.14. The van der Waals surface area contributed by atoms with E-state index in [1.54, 1.807) is 0 Å². The Morgan fingerprint density at radius 3 is 2.71 bits per heavy atom. The molecule has 1 unspecified atom stereocenters. The average Bonchev–Trinajstić information content (AvgIpc) is 2.91. The second kappa shape index (κ2) is 5.70. The van der Waals surface area contributed by atoms with Gasteiger partial charge in [0.25, 0.3) is 0 Å². The van der Waals surface area contributed by atoms with Crippen molar-refractivity contribution >= 4 is 10.9 Å². The molecule has 0 aliphatic heterocycles. The molecule has 0 radical (unpaired) electrons. The van der Waals surface area contributed by atoms with Crippen LogP contribution in [0.1, 0.15) is 35.7 Å². The number of hydrogen-bond acceptors (Lipinski definition) is 3. The third-order valence-corrected chi connectivity index (χ3v) is 3.69. The molecule has 0 aliphatic carbocycles. The lowest BCUT2D eigenvalue weighted by atomic mass is 10.1. The van der Waals surface area contributed by atoms with Gasteiger partial charge in [-0.3, -0.25) is 4.98 Å². The van der Waals surface area contributed by atoms with Crippen molar-refractivity contribution in [3.63, 3.8) is 0 Å². The highest BCUT2D eigenvalue weighted by Gasteiger charge is 2.08. The number of nitrogens with one attached hydrogen (secondary N) is 1. The molecule has 1 aromatic carbocycles. The number of rotatable bonds is 4. The summed E-state index contributed by atoms with van der Waals surface area (Å²) in [5.41, 5.74) is 3.35. The van der Waals surface area contributed by atoms with Crippen molar-refractivity contribution < 1.29 is 4.42 Å². The van der Waals surface area contributed by atoms with Gasteiger partial charge in [-0.1, -0.05) is 12.1 Å². The SMILES string of the molecule is Cc1ccc2cc(CNC(C)c3ccc(C)o3)ccc2n1.